The summed E-state index contributed by atoms with van der Waals surface area (Å²) < 4.78 is 8.51. The Balaban J connectivity index is 1.54. The first-order valence-corrected chi connectivity index (χ1v) is 12.8. The van der Waals surface area contributed by atoms with Crippen LogP contribution < -0.4 is 10.2 Å². The number of rotatable bonds is 7. The van der Waals surface area contributed by atoms with Crippen molar-refractivity contribution in [3.05, 3.63) is 76.6 Å². The number of anilines is 2. The number of aryl methyl sites for hydroxylation is 3. The van der Waals surface area contributed by atoms with E-state index >= 15 is 0 Å². The smallest absolute Gasteiger partial charge is 0.141 e. The summed E-state index contributed by atoms with van der Waals surface area (Å²) in [7, 11) is 0. The van der Waals surface area contributed by atoms with Gasteiger partial charge in [-0.2, -0.15) is 0 Å². The van der Waals surface area contributed by atoms with Gasteiger partial charge in [-0.25, -0.2) is 4.98 Å². The second-order valence-corrected chi connectivity index (χ2v) is 9.90. The summed E-state index contributed by atoms with van der Waals surface area (Å²) in [6, 6.07) is 13.2. The molecule has 35 heavy (non-hydrogen) atoms. The second-order valence-electron chi connectivity index (χ2n) is 9.05. The van der Waals surface area contributed by atoms with E-state index in [4.69, 9.17) is 4.52 Å². The number of piperazine rings is 1. The molecule has 1 fully saturated rings. The number of nitrogens with one attached hydrogen (secondary N) is 1. The molecule has 0 radical (unpaired) electrons. The van der Waals surface area contributed by atoms with Gasteiger partial charge in [-0.15, -0.1) is 0 Å². The SMILES string of the molecule is Cc1ccc(-c2c(C)noc2C)cc1N(CCN1CCNCC1)c1ccc(-n2ccnc2)c(Br)c1. The molecule has 2 aromatic heterocycles. The summed E-state index contributed by atoms with van der Waals surface area (Å²) in [4.78, 5) is 9.16. The van der Waals surface area contributed by atoms with Gasteiger partial charge in [0.15, 0.2) is 0 Å². The molecule has 0 aliphatic carbocycles. The lowest BCUT2D eigenvalue weighted by Crippen LogP contribution is -2.45. The fourth-order valence-corrected chi connectivity index (χ4v) is 5.36. The fraction of sp³-hybridized carbons (Fsp3) is 0.333. The normalized spacial score (nSPS) is 14.4. The average molecular weight is 535 g/mol. The summed E-state index contributed by atoms with van der Waals surface area (Å²) in [5, 5.41) is 7.63. The van der Waals surface area contributed by atoms with Crippen molar-refractivity contribution < 1.29 is 4.52 Å². The molecule has 1 aliphatic heterocycles. The van der Waals surface area contributed by atoms with Crippen LogP contribution in [0.5, 0.6) is 0 Å². The molecule has 0 spiro atoms. The summed E-state index contributed by atoms with van der Waals surface area (Å²) in [5.74, 6) is 0.845. The highest BCUT2D eigenvalue weighted by molar-refractivity contribution is 9.10. The average Bonchev–Trinajstić information content (AvgIpc) is 3.51. The topological polar surface area (TPSA) is 62.4 Å². The van der Waals surface area contributed by atoms with E-state index in [1.54, 1.807) is 6.20 Å². The third-order valence-electron chi connectivity index (χ3n) is 6.70. The first-order chi connectivity index (χ1) is 17.0. The monoisotopic (exact) mass is 534 g/mol. The molecule has 1 N–H and O–H groups in total. The molecular formula is C27H31BrN6O. The summed E-state index contributed by atoms with van der Waals surface area (Å²) in [6.45, 7) is 12.3. The van der Waals surface area contributed by atoms with Crippen LogP contribution >= 0.6 is 15.9 Å². The van der Waals surface area contributed by atoms with Crippen molar-refractivity contribution in [3.63, 3.8) is 0 Å². The highest BCUT2D eigenvalue weighted by Crippen LogP contribution is 2.36. The lowest BCUT2D eigenvalue weighted by atomic mass is 10.0. The Morgan fingerprint density at radius 2 is 1.91 bits per heavy atom. The largest absolute Gasteiger partial charge is 0.361 e. The third kappa shape index (κ3) is 5.05. The molecule has 7 nitrogen and oxygen atoms in total. The second kappa shape index (κ2) is 10.4. The van der Waals surface area contributed by atoms with Crippen LogP contribution in [0.15, 0.2) is 64.1 Å². The first-order valence-electron chi connectivity index (χ1n) is 12.0. The molecule has 4 aromatic rings. The minimum absolute atomic E-state index is 0.845. The van der Waals surface area contributed by atoms with Gasteiger partial charge in [-0.05, 0) is 72.1 Å². The van der Waals surface area contributed by atoms with E-state index in [0.717, 1.165) is 77.7 Å². The van der Waals surface area contributed by atoms with Crippen LogP contribution in [-0.4, -0.2) is 58.9 Å². The number of aromatic nitrogens is 3. The quantitative estimate of drug-likeness (QED) is 0.349. The van der Waals surface area contributed by atoms with Crippen LogP contribution in [0.4, 0.5) is 11.4 Å². The zero-order valence-electron chi connectivity index (χ0n) is 20.5. The summed E-state index contributed by atoms with van der Waals surface area (Å²) in [5.41, 5.74) is 7.75. The van der Waals surface area contributed by atoms with Crippen molar-refractivity contribution in [3.8, 4) is 16.8 Å². The lowest BCUT2D eigenvalue weighted by molar-refractivity contribution is 0.247. The Bertz CT molecular complexity index is 1270. The van der Waals surface area contributed by atoms with Crippen LogP contribution in [0.3, 0.4) is 0 Å². The maximum Gasteiger partial charge on any atom is 0.141 e. The maximum atomic E-state index is 5.47. The number of nitrogens with zero attached hydrogens (tertiary/aromatic N) is 5. The summed E-state index contributed by atoms with van der Waals surface area (Å²) in [6.07, 6.45) is 5.57. The van der Waals surface area contributed by atoms with Gasteiger partial charge in [0.25, 0.3) is 0 Å². The Morgan fingerprint density at radius 1 is 1.09 bits per heavy atom. The highest BCUT2D eigenvalue weighted by Gasteiger charge is 2.19. The predicted octanol–water partition coefficient (Wildman–Crippen LogP) is 5.26. The Morgan fingerprint density at radius 3 is 2.60 bits per heavy atom. The van der Waals surface area contributed by atoms with E-state index in [-0.39, 0.29) is 0 Å². The zero-order chi connectivity index (χ0) is 24.4. The van der Waals surface area contributed by atoms with Gasteiger partial charge in [0.2, 0.25) is 0 Å². The van der Waals surface area contributed by atoms with Crippen LogP contribution in [-0.2, 0) is 0 Å². The van der Waals surface area contributed by atoms with Crippen LogP contribution in [0.1, 0.15) is 17.0 Å². The van der Waals surface area contributed by atoms with Crippen molar-refractivity contribution in [2.45, 2.75) is 20.8 Å². The van der Waals surface area contributed by atoms with E-state index in [9.17, 15) is 0 Å². The van der Waals surface area contributed by atoms with Crippen LogP contribution in [0.25, 0.3) is 16.8 Å². The Labute approximate surface area is 214 Å². The van der Waals surface area contributed by atoms with Crippen LogP contribution in [0.2, 0.25) is 0 Å². The van der Waals surface area contributed by atoms with Crippen molar-refractivity contribution in [1.82, 2.24) is 24.9 Å². The van der Waals surface area contributed by atoms with Gasteiger partial charge < -0.3 is 19.3 Å². The van der Waals surface area contributed by atoms with Gasteiger partial charge in [-0.3, -0.25) is 4.90 Å². The molecule has 0 saturated carbocycles. The van der Waals surface area contributed by atoms with E-state index in [1.807, 2.05) is 30.9 Å². The van der Waals surface area contributed by atoms with Crippen LogP contribution in [0, 0.1) is 20.8 Å². The number of halogens is 1. The van der Waals surface area contributed by atoms with Gasteiger partial charge in [-0.1, -0.05) is 17.3 Å². The van der Waals surface area contributed by atoms with Gasteiger partial charge in [0.1, 0.15) is 5.76 Å². The minimum atomic E-state index is 0.845. The van der Waals surface area contributed by atoms with Gasteiger partial charge >= 0.3 is 0 Å². The number of imidazole rings is 1. The lowest BCUT2D eigenvalue weighted by Gasteiger charge is -2.32. The van der Waals surface area contributed by atoms with Gasteiger partial charge in [0, 0.05) is 73.1 Å². The fourth-order valence-electron chi connectivity index (χ4n) is 4.79. The standard InChI is InChI=1S/C27H31BrN6O/c1-19-4-5-22(27-20(2)31-35-21(27)3)16-26(19)34(15-14-32-11-8-29-9-12-32)23-6-7-25(24(28)17-23)33-13-10-30-18-33/h4-7,10,13,16-18,29H,8-9,11-12,14-15H2,1-3H3. The van der Waals surface area contributed by atoms with E-state index in [0.29, 0.717) is 0 Å². The Hall–Kier alpha value is -2.94. The molecule has 8 heteroatoms. The van der Waals surface area contributed by atoms with Crippen molar-refractivity contribution in [2.24, 2.45) is 0 Å². The molecule has 1 saturated heterocycles. The Kier molecular flexibility index (Phi) is 7.04. The van der Waals surface area contributed by atoms with Crippen molar-refractivity contribution in [1.29, 1.82) is 0 Å². The molecule has 0 atom stereocenters. The van der Waals surface area contributed by atoms with E-state index in [2.05, 4.69) is 84.5 Å². The molecule has 2 aromatic carbocycles. The van der Waals surface area contributed by atoms with E-state index in [1.165, 1.54) is 11.3 Å². The molecule has 1 aliphatic rings. The molecule has 0 amide bonds. The molecular weight excluding hydrogens is 504 g/mol. The van der Waals surface area contributed by atoms with Crippen molar-refractivity contribution >= 4 is 27.3 Å². The molecule has 0 unspecified atom stereocenters. The first kappa shape index (κ1) is 23.8. The predicted molar refractivity (Wildman–Crippen MR) is 144 cm³/mol. The molecule has 3 heterocycles. The van der Waals surface area contributed by atoms with Crippen molar-refractivity contribution in [2.75, 3.05) is 44.2 Å². The third-order valence-corrected chi connectivity index (χ3v) is 7.33. The number of hydrogen-bond donors (Lipinski definition) is 1. The minimum Gasteiger partial charge on any atom is -0.361 e. The molecule has 0 bridgehead atoms. The molecule has 5 rings (SSSR count). The highest BCUT2D eigenvalue weighted by atomic mass is 79.9. The zero-order valence-corrected chi connectivity index (χ0v) is 22.0. The number of benzene rings is 2. The van der Waals surface area contributed by atoms with E-state index < -0.39 is 0 Å². The molecule has 182 valence electrons. The van der Waals surface area contributed by atoms with Gasteiger partial charge in [0.05, 0.1) is 17.7 Å². The maximum absolute atomic E-state index is 5.47. The number of hydrogen-bond acceptors (Lipinski definition) is 6. The summed E-state index contributed by atoms with van der Waals surface area (Å²) >= 11 is 3.81.